The number of likely N-dealkylation sites (tertiary alicyclic amines) is 1. The van der Waals surface area contributed by atoms with Crippen molar-refractivity contribution in [3.63, 3.8) is 0 Å². The monoisotopic (exact) mass is 264 g/mol. The number of benzene rings is 1. The fourth-order valence-corrected chi connectivity index (χ4v) is 2.25. The summed E-state index contributed by atoms with van der Waals surface area (Å²) in [5.41, 5.74) is 2.75. The van der Waals surface area contributed by atoms with Crippen LogP contribution in [-0.4, -0.2) is 28.8 Å². The van der Waals surface area contributed by atoms with Gasteiger partial charge < -0.3 is 10.3 Å². The molecule has 1 aliphatic heterocycles. The molecular weight excluding hydrogens is 248 g/mol. The lowest BCUT2D eigenvalue weighted by molar-refractivity contribution is -0.385. The fourth-order valence-electron chi connectivity index (χ4n) is 2.25. The number of nitrogens with zero attached hydrogens (tertiary/aromatic N) is 2. The van der Waals surface area contributed by atoms with Crippen molar-refractivity contribution in [3.8, 4) is 0 Å². The van der Waals surface area contributed by atoms with Crippen LogP contribution in [0.1, 0.15) is 23.7 Å². The molecule has 0 bridgehead atoms. The molecule has 1 heterocycles. The van der Waals surface area contributed by atoms with Gasteiger partial charge in [-0.1, -0.05) is 6.92 Å². The zero-order valence-corrected chi connectivity index (χ0v) is 10.6. The molecule has 0 saturated carbocycles. The van der Waals surface area contributed by atoms with Gasteiger partial charge in [-0.25, -0.2) is 0 Å². The van der Waals surface area contributed by atoms with E-state index in [0.29, 0.717) is 24.7 Å². The topological polar surface area (TPSA) is 102 Å². The Balaban J connectivity index is 2.36. The number of carbonyl (C=O) groups is 1. The summed E-state index contributed by atoms with van der Waals surface area (Å²) in [6.45, 7) is 3.33. The highest BCUT2D eigenvalue weighted by atomic mass is 16.6. The van der Waals surface area contributed by atoms with Crippen molar-refractivity contribution in [2.75, 3.05) is 18.5 Å². The molecule has 7 nitrogen and oxygen atoms in total. The van der Waals surface area contributed by atoms with Crippen LogP contribution in [0.5, 0.6) is 0 Å². The molecule has 19 heavy (non-hydrogen) atoms. The summed E-state index contributed by atoms with van der Waals surface area (Å²) in [5, 5.41) is 11.0. The van der Waals surface area contributed by atoms with Crippen LogP contribution in [0.4, 0.5) is 11.4 Å². The average molecular weight is 264 g/mol. The highest BCUT2D eigenvalue weighted by molar-refractivity contribution is 5.99. The van der Waals surface area contributed by atoms with Crippen molar-refractivity contribution in [2.45, 2.75) is 13.3 Å². The largest absolute Gasteiger partial charge is 0.338 e. The maximum Gasteiger partial charge on any atom is 0.282 e. The molecule has 0 aliphatic carbocycles. The number of carbonyl (C=O) groups excluding carboxylic acids is 1. The van der Waals surface area contributed by atoms with E-state index in [2.05, 4.69) is 12.3 Å². The molecule has 0 aromatic heterocycles. The van der Waals surface area contributed by atoms with Crippen LogP contribution >= 0.6 is 0 Å². The van der Waals surface area contributed by atoms with Gasteiger partial charge in [0.15, 0.2) is 0 Å². The van der Waals surface area contributed by atoms with Gasteiger partial charge in [-0.3, -0.25) is 20.8 Å². The van der Waals surface area contributed by atoms with Crippen molar-refractivity contribution in [2.24, 2.45) is 11.8 Å². The van der Waals surface area contributed by atoms with E-state index in [1.54, 1.807) is 4.90 Å². The summed E-state index contributed by atoms with van der Waals surface area (Å²) < 4.78 is 0. The van der Waals surface area contributed by atoms with Gasteiger partial charge in [0, 0.05) is 24.8 Å². The molecule has 0 spiro atoms. The number of nitrogens with two attached hydrogens (primary N) is 1. The quantitative estimate of drug-likeness (QED) is 0.487. The van der Waals surface area contributed by atoms with Gasteiger partial charge in [-0.05, 0) is 24.5 Å². The fraction of sp³-hybridized carbons (Fsp3) is 0.417. The van der Waals surface area contributed by atoms with Crippen LogP contribution in [0.15, 0.2) is 18.2 Å². The maximum absolute atomic E-state index is 12.3. The van der Waals surface area contributed by atoms with E-state index < -0.39 is 4.92 Å². The number of hydrogen-bond acceptors (Lipinski definition) is 5. The van der Waals surface area contributed by atoms with Crippen molar-refractivity contribution >= 4 is 17.3 Å². The molecule has 1 aromatic rings. The number of hydrazine groups is 1. The van der Waals surface area contributed by atoms with Crippen LogP contribution in [0.3, 0.4) is 0 Å². The molecule has 1 atom stereocenters. The number of rotatable bonds is 3. The number of nitro benzene ring substituents is 1. The zero-order chi connectivity index (χ0) is 14.0. The first-order chi connectivity index (χ1) is 9.02. The van der Waals surface area contributed by atoms with E-state index in [9.17, 15) is 14.9 Å². The Morgan fingerprint density at radius 1 is 1.58 bits per heavy atom. The number of nitro groups is 1. The summed E-state index contributed by atoms with van der Waals surface area (Å²) in [6, 6.07) is 4.19. The lowest BCUT2D eigenvalue weighted by Crippen LogP contribution is -2.29. The maximum atomic E-state index is 12.3. The highest BCUT2D eigenvalue weighted by Crippen LogP contribution is 2.26. The lowest BCUT2D eigenvalue weighted by atomic mass is 10.1. The number of anilines is 1. The van der Waals surface area contributed by atoms with E-state index in [1.807, 2.05) is 0 Å². The number of nitrogens with one attached hydrogen (secondary N) is 1. The van der Waals surface area contributed by atoms with Crippen molar-refractivity contribution in [1.29, 1.82) is 0 Å². The van der Waals surface area contributed by atoms with E-state index in [0.717, 1.165) is 6.42 Å². The van der Waals surface area contributed by atoms with Crippen LogP contribution in [0.2, 0.25) is 0 Å². The van der Waals surface area contributed by atoms with Crippen LogP contribution in [0, 0.1) is 16.0 Å². The van der Waals surface area contributed by atoms with E-state index in [1.165, 1.54) is 18.2 Å². The lowest BCUT2D eigenvalue weighted by Gasteiger charge is -2.16. The molecule has 1 fully saturated rings. The normalized spacial score (nSPS) is 18.4. The molecule has 1 amide bonds. The second-order valence-electron chi connectivity index (χ2n) is 4.78. The third-order valence-electron chi connectivity index (χ3n) is 3.30. The Bertz CT molecular complexity index is 518. The summed E-state index contributed by atoms with van der Waals surface area (Å²) in [4.78, 5) is 24.4. The minimum absolute atomic E-state index is 0.0783. The molecule has 3 N–H and O–H groups in total. The Kier molecular flexibility index (Phi) is 3.66. The van der Waals surface area contributed by atoms with Gasteiger partial charge in [0.05, 0.1) is 4.92 Å². The summed E-state index contributed by atoms with van der Waals surface area (Å²) >= 11 is 0. The Labute approximate surface area is 110 Å². The molecule has 0 radical (unpaired) electrons. The van der Waals surface area contributed by atoms with Gasteiger partial charge in [0.1, 0.15) is 5.56 Å². The molecule has 7 heteroatoms. The third-order valence-corrected chi connectivity index (χ3v) is 3.30. The highest BCUT2D eigenvalue weighted by Gasteiger charge is 2.29. The molecular formula is C12H16N4O3. The predicted octanol–water partition coefficient (Wildman–Crippen LogP) is 1.36. The second kappa shape index (κ2) is 5.23. The number of hydrogen-bond donors (Lipinski definition) is 2. The Morgan fingerprint density at radius 3 is 2.84 bits per heavy atom. The summed E-state index contributed by atoms with van der Waals surface area (Å²) in [6.07, 6.45) is 0.925. The second-order valence-corrected chi connectivity index (χ2v) is 4.78. The summed E-state index contributed by atoms with van der Waals surface area (Å²) in [5.74, 6) is 5.39. The predicted molar refractivity (Wildman–Crippen MR) is 70.6 cm³/mol. The van der Waals surface area contributed by atoms with E-state index in [4.69, 9.17) is 5.84 Å². The van der Waals surface area contributed by atoms with Crippen LogP contribution in [-0.2, 0) is 0 Å². The molecule has 1 aromatic carbocycles. The molecule has 1 aliphatic rings. The van der Waals surface area contributed by atoms with Crippen molar-refractivity contribution in [1.82, 2.24) is 4.90 Å². The van der Waals surface area contributed by atoms with Gasteiger partial charge >= 0.3 is 0 Å². The summed E-state index contributed by atoms with van der Waals surface area (Å²) in [7, 11) is 0. The van der Waals surface area contributed by atoms with Crippen LogP contribution in [0.25, 0.3) is 0 Å². The van der Waals surface area contributed by atoms with E-state index >= 15 is 0 Å². The Morgan fingerprint density at radius 2 is 2.32 bits per heavy atom. The average Bonchev–Trinajstić information content (AvgIpc) is 2.83. The SMILES string of the molecule is CC1CCN(C(=O)c2cc(NN)ccc2[N+](=O)[O-])C1. The van der Waals surface area contributed by atoms with Gasteiger partial charge in [0.2, 0.25) is 0 Å². The standard InChI is InChI=1S/C12H16N4O3/c1-8-4-5-15(7-8)12(17)10-6-9(14-13)2-3-11(10)16(18)19/h2-3,6,8,14H,4-5,7,13H2,1H3. The molecule has 102 valence electrons. The minimum Gasteiger partial charge on any atom is -0.338 e. The van der Waals surface area contributed by atoms with Gasteiger partial charge in [0.25, 0.3) is 11.6 Å². The van der Waals surface area contributed by atoms with Gasteiger partial charge in [-0.15, -0.1) is 0 Å². The zero-order valence-electron chi connectivity index (χ0n) is 10.6. The third kappa shape index (κ3) is 2.65. The first-order valence-electron chi connectivity index (χ1n) is 6.07. The van der Waals surface area contributed by atoms with Crippen molar-refractivity contribution < 1.29 is 9.72 Å². The minimum atomic E-state index is -0.549. The smallest absolute Gasteiger partial charge is 0.282 e. The molecule has 2 rings (SSSR count). The van der Waals surface area contributed by atoms with Gasteiger partial charge in [-0.2, -0.15) is 0 Å². The number of nitrogen functional groups attached to an aromatic ring is 1. The van der Waals surface area contributed by atoms with Crippen molar-refractivity contribution in [3.05, 3.63) is 33.9 Å². The number of amides is 1. The molecule has 1 unspecified atom stereocenters. The van der Waals surface area contributed by atoms with Crippen LogP contribution < -0.4 is 11.3 Å². The molecule has 1 saturated heterocycles. The Hall–Kier alpha value is -2.15. The first-order valence-corrected chi connectivity index (χ1v) is 6.07. The van der Waals surface area contributed by atoms with E-state index in [-0.39, 0.29) is 17.2 Å². The first kappa shape index (κ1) is 13.3.